The van der Waals surface area contributed by atoms with Gasteiger partial charge in [0.2, 0.25) is 0 Å². The van der Waals surface area contributed by atoms with Gasteiger partial charge in [0.15, 0.2) is 0 Å². The van der Waals surface area contributed by atoms with E-state index < -0.39 is 0 Å². The molecule has 3 nitrogen and oxygen atoms in total. The third kappa shape index (κ3) is 2.41. The fourth-order valence-electron chi connectivity index (χ4n) is 3.22. The predicted octanol–water partition coefficient (Wildman–Crippen LogP) is 2.12. The van der Waals surface area contributed by atoms with Crippen molar-refractivity contribution >= 4 is 0 Å². The number of aliphatic hydroxyl groups excluding tert-OH is 1. The summed E-state index contributed by atoms with van der Waals surface area (Å²) >= 11 is 0. The Morgan fingerprint density at radius 3 is 2.38 bits per heavy atom. The lowest BCUT2D eigenvalue weighted by Gasteiger charge is -2.43. The minimum absolute atomic E-state index is 0.304. The maximum Gasteiger partial charge on any atom is 0.0982 e. The van der Waals surface area contributed by atoms with Crippen molar-refractivity contribution in [1.82, 2.24) is 0 Å². The molecule has 0 spiro atoms. The molecule has 1 saturated carbocycles. The number of ether oxygens (including phenoxy) is 2. The first-order valence-electron chi connectivity index (χ1n) is 6.59. The molecule has 1 N–H and O–H groups in total. The lowest BCUT2D eigenvalue weighted by Crippen LogP contribution is -2.52. The van der Waals surface area contributed by atoms with E-state index in [9.17, 15) is 5.11 Å². The molecule has 94 valence electrons. The zero-order chi connectivity index (χ0) is 11.4. The number of rotatable bonds is 3. The topological polar surface area (TPSA) is 38.7 Å². The van der Waals surface area contributed by atoms with Crippen LogP contribution in [0.3, 0.4) is 0 Å². The van der Waals surface area contributed by atoms with Crippen molar-refractivity contribution in [3.8, 4) is 0 Å². The van der Waals surface area contributed by atoms with Gasteiger partial charge in [0.1, 0.15) is 0 Å². The molecule has 0 bridgehead atoms. The maximum absolute atomic E-state index is 10.6. The van der Waals surface area contributed by atoms with Gasteiger partial charge < -0.3 is 14.6 Å². The molecule has 3 heteroatoms. The van der Waals surface area contributed by atoms with Gasteiger partial charge in [-0.05, 0) is 18.8 Å². The third-order valence-corrected chi connectivity index (χ3v) is 4.38. The standard InChI is InChI=1S/C13H24O3/c1-15-13(7-9-16-10-8-13)12(14)11-5-3-2-4-6-11/h11-12,14H,2-10H2,1H3. The van der Waals surface area contributed by atoms with Gasteiger partial charge in [-0.2, -0.15) is 0 Å². The monoisotopic (exact) mass is 228 g/mol. The minimum atomic E-state index is -0.333. The molecule has 1 heterocycles. The van der Waals surface area contributed by atoms with E-state index in [-0.39, 0.29) is 11.7 Å². The van der Waals surface area contributed by atoms with Crippen LogP contribution in [0, 0.1) is 5.92 Å². The Hall–Kier alpha value is -0.120. The molecule has 0 aromatic carbocycles. The normalized spacial score (nSPS) is 28.9. The van der Waals surface area contributed by atoms with Crippen LogP contribution >= 0.6 is 0 Å². The number of methoxy groups -OCH3 is 1. The molecule has 16 heavy (non-hydrogen) atoms. The van der Waals surface area contributed by atoms with E-state index in [1.54, 1.807) is 7.11 Å². The van der Waals surface area contributed by atoms with Gasteiger partial charge in [0, 0.05) is 33.2 Å². The average molecular weight is 228 g/mol. The Morgan fingerprint density at radius 1 is 1.19 bits per heavy atom. The Morgan fingerprint density at radius 2 is 1.81 bits per heavy atom. The van der Waals surface area contributed by atoms with Gasteiger partial charge in [-0.1, -0.05) is 19.3 Å². The molecule has 0 aromatic rings. The number of hydrogen-bond donors (Lipinski definition) is 1. The van der Waals surface area contributed by atoms with E-state index in [1.807, 2.05) is 0 Å². The largest absolute Gasteiger partial charge is 0.390 e. The van der Waals surface area contributed by atoms with E-state index in [0.29, 0.717) is 5.92 Å². The van der Waals surface area contributed by atoms with Gasteiger partial charge >= 0.3 is 0 Å². The lowest BCUT2D eigenvalue weighted by atomic mass is 9.75. The minimum Gasteiger partial charge on any atom is -0.390 e. The highest BCUT2D eigenvalue weighted by Crippen LogP contribution is 2.37. The molecular formula is C13H24O3. The Balaban J connectivity index is 2.00. The van der Waals surface area contributed by atoms with E-state index in [0.717, 1.165) is 38.9 Å². The van der Waals surface area contributed by atoms with Crippen molar-refractivity contribution in [3.63, 3.8) is 0 Å². The Bertz CT molecular complexity index is 205. The second-order valence-corrected chi connectivity index (χ2v) is 5.22. The highest BCUT2D eigenvalue weighted by atomic mass is 16.5. The molecule has 0 radical (unpaired) electrons. The molecular weight excluding hydrogens is 204 g/mol. The van der Waals surface area contributed by atoms with Crippen LogP contribution in [-0.4, -0.2) is 37.1 Å². The molecule has 1 saturated heterocycles. The summed E-state index contributed by atoms with van der Waals surface area (Å²) in [6.45, 7) is 1.44. The average Bonchev–Trinajstić information content (AvgIpc) is 2.39. The first kappa shape index (κ1) is 12.3. The van der Waals surface area contributed by atoms with Crippen LogP contribution in [-0.2, 0) is 9.47 Å². The smallest absolute Gasteiger partial charge is 0.0982 e. The summed E-state index contributed by atoms with van der Waals surface area (Å²) < 4.78 is 11.0. The molecule has 1 atom stereocenters. The molecule has 2 aliphatic rings. The van der Waals surface area contributed by atoms with Crippen LogP contribution in [0.25, 0.3) is 0 Å². The summed E-state index contributed by atoms with van der Waals surface area (Å²) in [6, 6.07) is 0. The summed E-state index contributed by atoms with van der Waals surface area (Å²) in [4.78, 5) is 0. The highest BCUT2D eigenvalue weighted by molar-refractivity contribution is 4.94. The van der Waals surface area contributed by atoms with Crippen molar-refractivity contribution < 1.29 is 14.6 Å². The van der Waals surface area contributed by atoms with Crippen LogP contribution in [0.15, 0.2) is 0 Å². The van der Waals surface area contributed by atoms with Gasteiger partial charge in [-0.3, -0.25) is 0 Å². The van der Waals surface area contributed by atoms with Gasteiger partial charge in [-0.15, -0.1) is 0 Å². The fourth-order valence-corrected chi connectivity index (χ4v) is 3.22. The van der Waals surface area contributed by atoms with Crippen LogP contribution in [0.5, 0.6) is 0 Å². The second-order valence-electron chi connectivity index (χ2n) is 5.22. The van der Waals surface area contributed by atoms with Crippen molar-refractivity contribution in [1.29, 1.82) is 0 Å². The van der Waals surface area contributed by atoms with Gasteiger partial charge in [0.05, 0.1) is 11.7 Å². The molecule has 2 fully saturated rings. The van der Waals surface area contributed by atoms with E-state index in [1.165, 1.54) is 19.3 Å². The van der Waals surface area contributed by atoms with E-state index in [2.05, 4.69) is 0 Å². The van der Waals surface area contributed by atoms with E-state index >= 15 is 0 Å². The molecule has 1 aliphatic carbocycles. The summed E-state index contributed by atoms with van der Waals surface area (Å²) in [5, 5.41) is 10.6. The van der Waals surface area contributed by atoms with E-state index in [4.69, 9.17) is 9.47 Å². The van der Waals surface area contributed by atoms with Crippen LogP contribution in [0.4, 0.5) is 0 Å². The zero-order valence-electron chi connectivity index (χ0n) is 10.3. The second kappa shape index (κ2) is 5.48. The first-order valence-corrected chi connectivity index (χ1v) is 6.59. The molecule has 0 aromatic heterocycles. The lowest BCUT2D eigenvalue weighted by molar-refractivity contribution is -0.170. The van der Waals surface area contributed by atoms with Crippen LogP contribution in [0.2, 0.25) is 0 Å². The van der Waals surface area contributed by atoms with Gasteiger partial charge in [0.25, 0.3) is 0 Å². The van der Waals surface area contributed by atoms with Crippen LogP contribution < -0.4 is 0 Å². The van der Waals surface area contributed by atoms with Crippen molar-refractivity contribution in [2.75, 3.05) is 20.3 Å². The van der Waals surface area contributed by atoms with Crippen molar-refractivity contribution in [2.24, 2.45) is 5.92 Å². The van der Waals surface area contributed by atoms with Crippen LogP contribution in [0.1, 0.15) is 44.9 Å². The quantitative estimate of drug-likeness (QED) is 0.804. The molecule has 2 rings (SSSR count). The summed E-state index contributed by atoms with van der Waals surface area (Å²) in [7, 11) is 1.73. The molecule has 1 aliphatic heterocycles. The summed E-state index contributed by atoms with van der Waals surface area (Å²) in [5.41, 5.74) is -0.333. The summed E-state index contributed by atoms with van der Waals surface area (Å²) in [6.07, 6.45) is 7.53. The maximum atomic E-state index is 10.6. The highest BCUT2D eigenvalue weighted by Gasteiger charge is 2.43. The fraction of sp³-hybridized carbons (Fsp3) is 1.00. The SMILES string of the molecule is COC1(C(O)C2CCCCC2)CCOCC1. The van der Waals surface area contributed by atoms with Gasteiger partial charge in [-0.25, -0.2) is 0 Å². The van der Waals surface area contributed by atoms with Crippen molar-refractivity contribution in [2.45, 2.75) is 56.7 Å². The Kier molecular flexibility index (Phi) is 4.22. The van der Waals surface area contributed by atoms with Crippen molar-refractivity contribution in [3.05, 3.63) is 0 Å². The zero-order valence-corrected chi connectivity index (χ0v) is 10.3. The number of aliphatic hydroxyl groups is 1. The molecule has 0 amide bonds. The Labute approximate surface area is 98.1 Å². The first-order chi connectivity index (χ1) is 7.78. The predicted molar refractivity (Wildman–Crippen MR) is 62.4 cm³/mol. The summed E-state index contributed by atoms with van der Waals surface area (Å²) in [5.74, 6) is 0.437. The molecule has 1 unspecified atom stereocenters. The third-order valence-electron chi connectivity index (χ3n) is 4.38. The number of hydrogen-bond acceptors (Lipinski definition) is 3.